The van der Waals surface area contributed by atoms with E-state index in [4.69, 9.17) is 11.6 Å². The highest BCUT2D eigenvalue weighted by atomic mass is 35.5. The molecule has 29 heavy (non-hydrogen) atoms. The maximum atomic E-state index is 12.5. The first-order valence-electron chi connectivity index (χ1n) is 8.66. The van der Waals surface area contributed by atoms with Crippen LogP contribution in [0.3, 0.4) is 0 Å². The van der Waals surface area contributed by atoms with Crippen LogP contribution in [0.5, 0.6) is 0 Å². The van der Waals surface area contributed by atoms with Gasteiger partial charge in [-0.05, 0) is 43.8 Å². The topological polar surface area (TPSA) is 95.9 Å². The van der Waals surface area contributed by atoms with Gasteiger partial charge in [0.05, 0.1) is 22.6 Å². The second kappa shape index (κ2) is 9.40. The number of nitrogens with one attached hydrogen (secondary N) is 2. The first-order chi connectivity index (χ1) is 13.9. The van der Waals surface area contributed by atoms with Crippen LogP contribution in [-0.4, -0.2) is 52.9 Å². The van der Waals surface area contributed by atoms with Gasteiger partial charge in [0.2, 0.25) is 0 Å². The molecule has 154 valence electrons. The monoisotopic (exact) mass is 452 g/mol. The van der Waals surface area contributed by atoms with E-state index in [-0.39, 0.29) is 5.03 Å². The average Bonchev–Trinajstić information content (AvgIpc) is 3.45. The fraction of sp³-hybridized carbons (Fsp3) is 0.222. The van der Waals surface area contributed by atoms with Crippen LogP contribution in [0.2, 0.25) is 5.02 Å². The molecule has 0 amide bonds. The number of halogens is 1. The molecule has 0 fully saturated rings. The lowest BCUT2D eigenvalue weighted by Gasteiger charge is -2.15. The average molecular weight is 453 g/mol. The Morgan fingerprint density at radius 1 is 1.28 bits per heavy atom. The number of benzene rings is 1. The smallest absolute Gasteiger partial charge is 0.280 e. The third-order valence-electron chi connectivity index (χ3n) is 4.00. The van der Waals surface area contributed by atoms with E-state index < -0.39 is 10.0 Å². The normalized spacial score (nSPS) is 11.4. The van der Waals surface area contributed by atoms with E-state index in [0.29, 0.717) is 10.7 Å². The molecule has 0 atom stereocenters. The van der Waals surface area contributed by atoms with Crippen LogP contribution >= 0.6 is 23.1 Å². The van der Waals surface area contributed by atoms with Gasteiger partial charge in [-0.1, -0.05) is 17.7 Å². The number of hydrogen-bond donors (Lipinski definition) is 2. The summed E-state index contributed by atoms with van der Waals surface area (Å²) in [5, 5.41) is 2.89. The van der Waals surface area contributed by atoms with Crippen molar-refractivity contribution >= 4 is 49.7 Å². The Morgan fingerprint density at radius 3 is 2.69 bits per heavy atom. The van der Waals surface area contributed by atoms with E-state index in [2.05, 4.69) is 24.0 Å². The summed E-state index contributed by atoms with van der Waals surface area (Å²) in [5.74, 6) is 0. The Labute approximate surface area is 178 Å². The lowest BCUT2D eigenvalue weighted by molar-refractivity contribution is 0.387. The maximum Gasteiger partial charge on any atom is 0.280 e. The van der Waals surface area contributed by atoms with E-state index in [1.807, 2.05) is 37.0 Å². The van der Waals surface area contributed by atoms with Crippen molar-refractivity contribution in [2.75, 3.05) is 25.4 Å². The quantitative estimate of drug-likeness (QED) is 0.466. The molecule has 0 aliphatic heterocycles. The highest BCUT2D eigenvalue weighted by molar-refractivity contribution is 7.92. The molecular weight excluding hydrogens is 432 g/mol. The third kappa shape index (κ3) is 5.36. The highest BCUT2D eigenvalue weighted by Crippen LogP contribution is 2.33. The number of hydrogen-bond acceptors (Lipinski definition) is 6. The van der Waals surface area contributed by atoms with Crippen LogP contribution in [0.15, 0.2) is 59.6 Å². The zero-order chi connectivity index (χ0) is 20.9. The molecule has 1 aromatic carbocycles. The summed E-state index contributed by atoms with van der Waals surface area (Å²) in [4.78, 5) is 8.48. The molecule has 3 heterocycles. The number of nitrogens with zero attached hydrogens (tertiary/aromatic N) is 4. The number of rotatable bonds is 6. The van der Waals surface area contributed by atoms with Gasteiger partial charge in [-0.2, -0.15) is 12.8 Å². The fourth-order valence-corrected chi connectivity index (χ4v) is 4.71. The van der Waals surface area contributed by atoms with Crippen LogP contribution in [-0.2, 0) is 16.6 Å². The molecule has 2 N–H and O–H groups in total. The SMILES string of the molecule is CN(C)CCn1ccc2ccc(Cl)c(NS(=O)(=O)c3ccsn3)c21.c1c[nH]cn1. The van der Waals surface area contributed by atoms with E-state index in [1.165, 1.54) is 6.07 Å². The van der Waals surface area contributed by atoms with Gasteiger partial charge in [-0.15, -0.1) is 0 Å². The van der Waals surface area contributed by atoms with Crippen LogP contribution in [0.1, 0.15) is 0 Å². The zero-order valence-electron chi connectivity index (χ0n) is 15.9. The standard InChI is InChI=1S/C15H17ClN4O2S2.C3H4N2/c1-19(2)8-9-20-7-5-11-3-4-12(16)14(15(11)20)18-24(21,22)13-6-10-23-17-13;1-2-5-3-4-1/h3-7,10,18H,8-9H2,1-2H3;1-3H,(H,4,5). The van der Waals surface area contributed by atoms with Gasteiger partial charge < -0.3 is 14.5 Å². The van der Waals surface area contributed by atoms with Crippen molar-refractivity contribution in [3.05, 3.63) is 59.6 Å². The van der Waals surface area contributed by atoms with Gasteiger partial charge in [-0.3, -0.25) is 4.72 Å². The molecule has 0 spiro atoms. The molecule has 0 saturated carbocycles. The molecular formula is C18H21ClN6O2S2. The minimum absolute atomic E-state index is 0.00744. The summed E-state index contributed by atoms with van der Waals surface area (Å²) >= 11 is 7.38. The number of aromatic amines is 1. The molecule has 11 heteroatoms. The lowest BCUT2D eigenvalue weighted by atomic mass is 10.2. The number of anilines is 1. The van der Waals surface area contributed by atoms with Gasteiger partial charge in [0.25, 0.3) is 10.0 Å². The molecule has 0 radical (unpaired) electrons. The van der Waals surface area contributed by atoms with Crippen LogP contribution in [0.4, 0.5) is 5.69 Å². The maximum absolute atomic E-state index is 12.5. The number of H-pyrrole nitrogens is 1. The summed E-state index contributed by atoms with van der Waals surface area (Å²) in [6.07, 6.45) is 7.02. The summed E-state index contributed by atoms with van der Waals surface area (Å²) < 4.78 is 33.5. The van der Waals surface area contributed by atoms with Gasteiger partial charge >= 0.3 is 0 Å². The lowest BCUT2D eigenvalue weighted by Crippen LogP contribution is -2.19. The van der Waals surface area contributed by atoms with Crippen molar-refractivity contribution in [3.8, 4) is 0 Å². The third-order valence-corrected chi connectivity index (χ3v) is 6.24. The summed E-state index contributed by atoms with van der Waals surface area (Å²) in [6, 6.07) is 6.98. The number of aromatic nitrogens is 4. The molecule has 0 bridgehead atoms. The van der Waals surface area contributed by atoms with Crippen molar-refractivity contribution < 1.29 is 8.42 Å². The molecule has 0 saturated heterocycles. The Bertz CT molecular complexity index is 1120. The van der Waals surface area contributed by atoms with Gasteiger partial charge in [0, 0.05) is 42.4 Å². The summed E-state index contributed by atoms with van der Waals surface area (Å²) in [5.41, 5.74) is 1.15. The summed E-state index contributed by atoms with van der Waals surface area (Å²) in [6.45, 7) is 1.55. The number of likely N-dealkylation sites (N-methyl/N-ethyl adjacent to an activating group) is 1. The van der Waals surface area contributed by atoms with Crippen molar-refractivity contribution in [3.63, 3.8) is 0 Å². The Kier molecular flexibility index (Phi) is 6.91. The molecule has 4 aromatic rings. The van der Waals surface area contributed by atoms with Gasteiger partial charge in [0.15, 0.2) is 5.03 Å². The fourth-order valence-electron chi connectivity index (χ4n) is 2.60. The summed E-state index contributed by atoms with van der Waals surface area (Å²) in [7, 11) is 0.212. The van der Waals surface area contributed by atoms with Gasteiger partial charge in [-0.25, -0.2) is 4.98 Å². The number of fused-ring (bicyclic) bond motifs is 1. The van der Waals surface area contributed by atoms with Crippen molar-refractivity contribution in [2.45, 2.75) is 11.6 Å². The minimum Gasteiger partial charge on any atom is -0.351 e. The number of imidazole rings is 1. The second-order valence-corrected chi connectivity index (χ2v) is 9.08. The predicted octanol–water partition coefficient (Wildman–Crippen LogP) is 3.52. The van der Waals surface area contributed by atoms with Gasteiger partial charge in [0.1, 0.15) is 0 Å². The Balaban J connectivity index is 0.000000419. The molecule has 4 rings (SSSR count). The second-order valence-electron chi connectivity index (χ2n) is 6.38. The molecule has 0 aliphatic carbocycles. The minimum atomic E-state index is -3.77. The van der Waals surface area contributed by atoms with E-state index in [0.717, 1.165) is 35.5 Å². The van der Waals surface area contributed by atoms with E-state index in [1.54, 1.807) is 30.2 Å². The largest absolute Gasteiger partial charge is 0.351 e. The molecule has 8 nitrogen and oxygen atoms in total. The first-order valence-corrected chi connectivity index (χ1v) is 11.4. The van der Waals surface area contributed by atoms with Crippen molar-refractivity contribution in [1.29, 1.82) is 0 Å². The van der Waals surface area contributed by atoms with Crippen LogP contribution < -0.4 is 4.72 Å². The van der Waals surface area contributed by atoms with Crippen LogP contribution in [0.25, 0.3) is 10.9 Å². The Hall–Kier alpha value is -2.40. The van der Waals surface area contributed by atoms with Crippen molar-refractivity contribution in [1.82, 2.24) is 23.8 Å². The highest BCUT2D eigenvalue weighted by Gasteiger charge is 2.21. The van der Waals surface area contributed by atoms with Crippen LogP contribution in [0, 0.1) is 0 Å². The molecule has 0 aliphatic rings. The zero-order valence-corrected chi connectivity index (χ0v) is 18.3. The van der Waals surface area contributed by atoms with E-state index >= 15 is 0 Å². The molecule has 0 unspecified atom stereocenters. The van der Waals surface area contributed by atoms with Crippen molar-refractivity contribution in [2.24, 2.45) is 0 Å². The Morgan fingerprint density at radius 2 is 2.10 bits per heavy atom. The molecule has 3 aromatic heterocycles. The number of sulfonamides is 1. The van der Waals surface area contributed by atoms with E-state index in [9.17, 15) is 8.42 Å². The first kappa shape index (κ1) is 21.3. The predicted molar refractivity (Wildman–Crippen MR) is 117 cm³/mol.